The number of aromatic amines is 1. The van der Waals surface area contributed by atoms with E-state index in [0.29, 0.717) is 6.54 Å². The maximum Gasteiger partial charge on any atom is 0.156 e. The van der Waals surface area contributed by atoms with Crippen LogP contribution in [0.5, 0.6) is 0 Å². The number of benzene rings is 1. The molecule has 0 saturated heterocycles. The molecular weight excluding hydrogens is 228 g/mol. The van der Waals surface area contributed by atoms with Gasteiger partial charge in [0, 0.05) is 10.8 Å². The highest BCUT2D eigenvalue weighted by molar-refractivity contribution is 5.92. The molecule has 0 amide bonds. The third kappa shape index (κ3) is 1.88. The van der Waals surface area contributed by atoms with Crippen LogP contribution in [0.2, 0.25) is 0 Å². The lowest BCUT2D eigenvalue weighted by atomic mass is 10.1. The summed E-state index contributed by atoms with van der Waals surface area (Å²) in [4.78, 5) is 4.05. The van der Waals surface area contributed by atoms with Gasteiger partial charge in [-0.1, -0.05) is 24.3 Å². The van der Waals surface area contributed by atoms with Gasteiger partial charge in [-0.3, -0.25) is 5.10 Å². The number of hydrogen-bond donors (Lipinski definition) is 2. The van der Waals surface area contributed by atoms with Gasteiger partial charge in [0.1, 0.15) is 12.2 Å². The molecule has 90 valence electrons. The van der Waals surface area contributed by atoms with E-state index in [-0.39, 0.29) is 0 Å². The molecular formula is C12H12N6. The largest absolute Gasteiger partial charge is 0.361 e. The number of aromatic nitrogens is 5. The number of anilines is 1. The molecule has 0 spiro atoms. The first-order valence-electron chi connectivity index (χ1n) is 5.65. The van der Waals surface area contributed by atoms with Gasteiger partial charge in [0.05, 0.1) is 12.2 Å². The molecule has 0 aliphatic carbocycles. The van der Waals surface area contributed by atoms with Crippen LogP contribution in [0, 0.1) is 6.92 Å². The van der Waals surface area contributed by atoms with E-state index < -0.39 is 0 Å². The molecule has 0 radical (unpaired) electrons. The van der Waals surface area contributed by atoms with Gasteiger partial charge >= 0.3 is 0 Å². The van der Waals surface area contributed by atoms with Crippen molar-refractivity contribution < 1.29 is 0 Å². The summed E-state index contributed by atoms with van der Waals surface area (Å²) in [5.41, 5.74) is 0.927. The van der Waals surface area contributed by atoms with Crippen molar-refractivity contribution in [2.75, 3.05) is 5.32 Å². The lowest BCUT2D eigenvalue weighted by Gasteiger charge is -2.07. The van der Waals surface area contributed by atoms with Crippen LogP contribution in [0.4, 0.5) is 5.82 Å². The normalized spacial score (nSPS) is 10.7. The summed E-state index contributed by atoms with van der Waals surface area (Å²) < 4.78 is 0. The Bertz CT molecular complexity index is 661. The first-order valence-corrected chi connectivity index (χ1v) is 5.65. The molecule has 6 heteroatoms. The SMILES string of the molecule is Cc1nnc(NCc2ncn[nH]2)c2ccccc12. The van der Waals surface area contributed by atoms with Crippen molar-refractivity contribution in [3.63, 3.8) is 0 Å². The van der Waals surface area contributed by atoms with Crippen LogP contribution in [0.25, 0.3) is 10.8 Å². The Hall–Kier alpha value is -2.50. The number of nitrogens with zero attached hydrogens (tertiary/aromatic N) is 4. The number of rotatable bonds is 3. The van der Waals surface area contributed by atoms with Crippen LogP contribution in [-0.2, 0) is 6.54 Å². The van der Waals surface area contributed by atoms with Gasteiger partial charge < -0.3 is 5.32 Å². The van der Waals surface area contributed by atoms with Crippen molar-refractivity contribution in [1.82, 2.24) is 25.4 Å². The average Bonchev–Trinajstić information content (AvgIpc) is 2.92. The molecule has 0 unspecified atom stereocenters. The van der Waals surface area contributed by atoms with Crippen molar-refractivity contribution in [2.45, 2.75) is 13.5 Å². The molecule has 0 saturated carbocycles. The van der Waals surface area contributed by atoms with E-state index in [1.54, 1.807) is 0 Å². The molecule has 0 fully saturated rings. The highest BCUT2D eigenvalue weighted by Gasteiger charge is 2.06. The summed E-state index contributed by atoms with van der Waals surface area (Å²) >= 11 is 0. The number of fused-ring (bicyclic) bond motifs is 1. The van der Waals surface area contributed by atoms with Gasteiger partial charge in [0.15, 0.2) is 5.82 Å². The smallest absolute Gasteiger partial charge is 0.156 e. The van der Waals surface area contributed by atoms with Crippen molar-refractivity contribution >= 4 is 16.6 Å². The van der Waals surface area contributed by atoms with Crippen LogP contribution < -0.4 is 5.32 Å². The zero-order chi connectivity index (χ0) is 12.4. The number of aryl methyl sites for hydroxylation is 1. The topological polar surface area (TPSA) is 79.4 Å². The van der Waals surface area contributed by atoms with Crippen LogP contribution >= 0.6 is 0 Å². The van der Waals surface area contributed by atoms with E-state index in [1.165, 1.54) is 6.33 Å². The molecule has 0 aliphatic heterocycles. The molecule has 1 aromatic carbocycles. The number of H-pyrrole nitrogens is 1. The molecule has 6 nitrogen and oxygen atoms in total. The Morgan fingerprint density at radius 2 is 2.00 bits per heavy atom. The quantitative estimate of drug-likeness (QED) is 0.728. The molecule has 0 bridgehead atoms. The summed E-state index contributed by atoms with van der Waals surface area (Å²) in [6, 6.07) is 8.05. The maximum absolute atomic E-state index is 4.18. The highest BCUT2D eigenvalue weighted by atomic mass is 15.2. The lowest BCUT2D eigenvalue weighted by Crippen LogP contribution is -2.05. The minimum Gasteiger partial charge on any atom is -0.361 e. The van der Waals surface area contributed by atoms with Gasteiger partial charge in [0.2, 0.25) is 0 Å². The summed E-state index contributed by atoms with van der Waals surface area (Å²) in [5.74, 6) is 1.52. The molecule has 2 aromatic heterocycles. The standard InChI is InChI=1S/C12H12N6/c1-8-9-4-2-3-5-10(9)12(18-16-8)13-6-11-14-7-15-17-11/h2-5,7H,6H2,1H3,(H,13,18)(H,14,15,17). The number of hydrogen-bond acceptors (Lipinski definition) is 5. The van der Waals surface area contributed by atoms with Gasteiger partial charge in [-0.2, -0.15) is 10.2 Å². The van der Waals surface area contributed by atoms with Crippen LogP contribution in [0.1, 0.15) is 11.5 Å². The minimum absolute atomic E-state index is 0.543. The molecule has 0 aliphatic rings. The lowest BCUT2D eigenvalue weighted by molar-refractivity contribution is 0.929. The number of nitrogens with one attached hydrogen (secondary N) is 2. The highest BCUT2D eigenvalue weighted by Crippen LogP contribution is 2.22. The monoisotopic (exact) mass is 240 g/mol. The fourth-order valence-electron chi connectivity index (χ4n) is 1.85. The molecule has 18 heavy (non-hydrogen) atoms. The van der Waals surface area contributed by atoms with E-state index in [2.05, 4.69) is 30.7 Å². The zero-order valence-corrected chi connectivity index (χ0v) is 9.88. The third-order valence-corrected chi connectivity index (χ3v) is 2.76. The maximum atomic E-state index is 4.18. The zero-order valence-electron chi connectivity index (χ0n) is 9.88. The second-order valence-electron chi connectivity index (χ2n) is 3.97. The first-order chi connectivity index (χ1) is 8.84. The molecule has 0 atom stereocenters. The third-order valence-electron chi connectivity index (χ3n) is 2.76. The van der Waals surface area contributed by atoms with Crippen molar-refractivity contribution in [2.24, 2.45) is 0 Å². The Labute approximate surface area is 103 Å². The van der Waals surface area contributed by atoms with Crippen LogP contribution in [-0.4, -0.2) is 25.4 Å². The minimum atomic E-state index is 0.543. The average molecular weight is 240 g/mol. The molecule has 2 heterocycles. The predicted molar refractivity (Wildman–Crippen MR) is 68.0 cm³/mol. The summed E-state index contributed by atoms with van der Waals surface area (Å²) in [5, 5.41) is 20.3. The molecule has 3 aromatic rings. The fourth-order valence-corrected chi connectivity index (χ4v) is 1.85. The summed E-state index contributed by atoms with van der Waals surface area (Å²) in [6.07, 6.45) is 1.48. The van der Waals surface area contributed by atoms with E-state index in [4.69, 9.17) is 0 Å². The van der Waals surface area contributed by atoms with Crippen molar-refractivity contribution in [3.05, 3.63) is 42.1 Å². The Morgan fingerprint density at radius 3 is 2.78 bits per heavy atom. The van der Waals surface area contributed by atoms with Gasteiger partial charge in [-0.15, -0.1) is 5.10 Å². The Kier molecular flexibility index (Phi) is 2.60. The van der Waals surface area contributed by atoms with E-state index in [1.807, 2.05) is 31.2 Å². The van der Waals surface area contributed by atoms with Gasteiger partial charge in [-0.25, -0.2) is 4.98 Å². The molecule has 3 rings (SSSR count). The predicted octanol–water partition coefficient (Wildman–Crippen LogP) is 1.67. The van der Waals surface area contributed by atoms with Crippen molar-refractivity contribution in [1.29, 1.82) is 0 Å². The summed E-state index contributed by atoms with van der Waals surface area (Å²) in [7, 11) is 0. The van der Waals surface area contributed by atoms with E-state index >= 15 is 0 Å². The Balaban J connectivity index is 1.94. The molecule has 2 N–H and O–H groups in total. The van der Waals surface area contributed by atoms with Gasteiger partial charge in [-0.05, 0) is 6.92 Å². The second-order valence-corrected chi connectivity index (χ2v) is 3.97. The fraction of sp³-hybridized carbons (Fsp3) is 0.167. The second kappa shape index (κ2) is 4.40. The van der Waals surface area contributed by atoms with E-state index in [9.17, 15) is 0 Å². The van der Waals surface area contributed by atoms with E-state index in [0.717, 1.165) is 28.1 Å². The summed E-state index contributed by atoms with van der Waals surface area (Å²) in [6.45, 7) is 2.50. The first kappa shape index (κ1) is 10.6. The Morgan fingerprint density at radius 1 is 1.17 bits per heavy atom. The van der Waals surface area contributed by atoms with Crippen molar-refractivity contribution in [3.8, 4) is 0 Å². The van der Waals surface area contributed by atoms with Gasteiger partial charge in [0.25, 0.3) is 0 Å². The van der Waals surface area contributed by atoms with Crippen LogP contribution in [0.3, 0.4) is 0 Å². The van der Waals surface area contributed by atoms with Crippen LogP contribution in [0.15, 0.2) is 30.6 Å².